The molecule has 2 rings (SSSR count). The van der Waals surface area contributed by atoms with Crippen LogP contribution in [0, 0.1) is 0 Å². The van der Waals surface area contributed by atoms with Crippen molar-refractivity contribution in [2.75, 3.05) is 47.5 Å². The number of hydrogen-bond donors (Lipinski definition) is 1. The maximum absolute atomic E-state index is 8.82. The van der Waals surface area contributed by atoms with Gasteiger partial charge >= 0.3 is 0 Å². The van der Waals surface area contributed by atoms with Crippen LogP contribution in [0.5, 0.6) is 5.75 Å². The van der Waals surface area contributed by atoms with E-state index in [1.807, 2.05) is 30.3 Å². The lowest BCUT2D eigenvalue weighted by Crippen LogP contribution is -2.37. The van der Waals surface area contributed by atoms with Crippen molar-refractivity contribution in [3.05, 3.63) is 65.7 Å². The second kappa shape index (κ2) is 10.3. The lowest BCUT2D eigenvalue weighted by Gasteiger charge is -2.26. The molecule has 0 amide bonds. The zero-order valence-electron chi connectivity index (χ0n) is 16.2. The fourth-order valence-corrected chi connectivity index (χ4v) is 2.60. The molecule has 0 aliphatic carbocycles. The number of likely N-dealkylation sites (N-methyl/N-ethyl adjacent to an activating group) is 1. The van der Waals surface area contributed by atoms with Gasteiger partial charge in [-0.25, -0.2) is 0 Å². The average molecular weight is 359 g/mol. The smallest absolute Gasteiger partial charge is 0.119 e. The molecule has 2 aromatic carbocycles. The Kier molecular flexibility index (Phi) is 8.10. The highest BCUT2D eigenvalue weighted by Crippen LogP contribution is 2.27. The van der Waals surface area contributed by atoms with E-state index in [0.717, 1.165) is 40.7 Å². The van der Waals surface area contributed by atoms with Crippen LogP contribution in [0.25, 0.3) is 0 Å². The maximum atomic E-state index is 8.82. The topological polar surface area (TPSA) is 38.7 Å². The first-order valence-corrected chi connectivity index (χ1v) is 9.30. The molecule has 1 atom stereocenters. The highest BCUT2D eigenvalue weighted by atomic mass is 16.5. The molecule has 0 saturated carbocycles. The van der Waals surface area contributed by atoms with Gasteiger partial charge in [0.25, 0.3) is 0 Å². The van der Waals surface area contributed by atoms with Crippen LogP contribution in [0.2, 0.25) is 0 Å². The Morgan fingerprint density at radius 1 is 0.846 bits per heavy atom. The van der Waals surface area contributed by atoms with E-state index in [9.17, 15) is 0 Å². The van der Waals surface area contributed by atoms with E-state index in [2.05, 4.69) is 45.4 Å². The minimum absolute atomic E-state index is 0.0776. The number of hydrogen-bond acceptors (Lipinski definition) is 3. The SMILES string of the molecule is C[N+](C)(C)CCO[C@@H](c1ccccc1)c1ccc(OCCCCO)cc1. The van der Waals surface area contributed by atoms with Gasteiger partial charge < -0.3 is 19.1 Å². The van der Waals surface area contributed by atoms with Crippen LogP contribution >= 0.6 is 0 Å². The summed E-state index contributed by atoms with van der Waals surface area (Å²) in [5.74, 6) is 0.852. The van der Waals surface area contributed by atoms with Gasteiger partial charge in [-0.15, -0.1) is 0 Å². The number of aliphatic hydroxyl groups is 1. The molecule has 4 nitrogen and oxygen atoms in total. The van der Waals surface area contributed by atoms with E-state index in [0.29, 0.717) is 13.2 Å². The van der Waals surface area contributed by atoms with Crippen molar-refractivity contribution in [1.29, 1.82) is 0 Å². The summed E-state index contributed by atoms with van der Waals surface area (Å²) in [4.78, 5) is 0. The second-order valence-electron chi connectivity index (χ2n) is 7.52. The Hall–Kier alpha value is -1.88. The van der Waals surface area contributed by atoms with Gasteiger partial charge in [0, 0.05) is 6.61 Å². The van der Waals surface area contributed by atoms with E-state index < -0.39 is 0 Å². The zero-order chi connectivity index (χ0) is 18.8. The summed E-state index contributed by atoms with van der Waals surface area (Å²) < 4.78 is 12.9. The first-order chi connectivity index (χ1) is 12.5. The fraction of sp³-hybridized carbons (Fsp3) is 0.455. The summed E-state index contributed by atoms with van der Waals surface area (Å²) in [6.45, 7) is 2.49. The number of aliphatic hydroxyl groups excluding tert-OH is 1. The van der Waals surface area contributed by atoms with E-state index in [1.54, 1.807) is 0 Å². The zero-order valence-corrected chi connectivity index (χ0v) is 16.2. The van der Waals surface area contributed by atoms with E-state index in [4.69, 9.17) is 14.6 Å². The summed E-state index contributed by atoms with van der Waals surface area (Å²) >= 11 is 0. The van der Waals surface area contributed by atoms with Crippen LogP contribution in [0.15, 0.2) is 54.6 Å². The molecule has 0 aliphatic heterocycles. The van der Waals surface area contributed by atoms with Crippen molar-refractivity contribution in [3.8, 4) is 5.75 Å². The number of quaternary nitrogens is 1. The molecule has 2 aromatic rings. The van der Waals surface area contributed by atoms with Crippen molar-refractivity contribution in [3.63, 3.8) is 0 Å². The molecule has 0 radical (unpaired) electrons. The first kappa shape index (κ1) is 20.4. The Bertz CT molecular complexity index is 620. The number of rotatable bonds is 11. The predicted octanol–water partition coefficient (Wildman–Crippen LogP) is 3.65. The second-order valence-corrected chi connectivity index (χ2v) is 7.52. The Morgan fingerprint density at radius 2 is 1.50 bits per heavy atom. The standard InChI is InChI=1S/C22H32NO3/c1-23(2,3)15-18-26-22(19-9-5-4-6-10-19)20-11-13-21(14-12-20)25-17-8-7-16-24/h4-6,9-14,22,24H,7-8,15-18H2,1-3H3/q+1/t22-/m0/s1. The van der Waals surface area contributed by atoms with Crippen LogP contribution < -0.4 is 4.74 Å². The minimum atomic E-state index is -0.0776. The summed E-state index contributed by atoms with van der Waals surface area (Å²) in [5.41, 5.74) is 2.28. The van der Waals surface area contributed by atoms with Crippen LogP contribution in [-0.2, 0) is 4.74 Å². The first-order valence-electron chi connectivity index (χ1n) is 9.30. The average Bonchev–Trinajstić information content (AvgIpc) is 2.63. The van der Waals surface area contributed by atoms with Crippen LogP contribution in [0.4, 0.5) is 0 Å². The summed E-state index contributed by atoms with van der Waals surface area (Å²) in [7, 11) is 6.51. The van der Waals surface area contributed by atoms with Gasteiger partial charge in [0.05, 0.1) is 34.4 Å². The van der Waals surface area contributed by atoms with Gasteiger partial charge in [0.2, 0.25) is 0 Å². The van der Waals surface area contributed by atoms with E-state index in [-0.39, 0.29) is 12.7 Å². The van der Waals surface area contributed by atoms with Crippen LogP contribution in [0.1, 0.15) is 30.1 Å². The maximum Gasteiger partial charge on any atom is 0.119 e. The third-order valence-electron chi connectivity index (χ3n) is 4.15. The number of unbranched alkanes of at least 4 members (excludes halogenated alkanes) is 1. The molecule has 4 heteroatoms. The third-order valence-corrected chi connectivity index (χ3v) is 4.15. The van der Waals surface area contributed by atoms with Crippen LogP contribution in [-0.4, -0.2) is 57.1 Å². The molecule has 0 unspecified atom stereocenters. The predicted molar refractivity (Wildman–Crippen MR) is 105 cm³/mol. The van der Waals surface area contributed by atoms with Crippen molar-refractivity contribution >= 4 is 0 Å². The van der Waals surface area contributed by atoms with Crippen molar-refractivity contribution < 1.29 is 19.1 Å². The fourth-order valence-electron chi connectivity index (χ4n) is 2.60. The monoisotopic (exact) mass is 358 g/mol. The quantitative estimate of drug-likeness (QED) is 0.492. The molecule has 0 aromatic heterocycles. The van der Waals surface area contributed by atoms with Gasteiger partial charge in [-0.3, -0.25) is 0 Å². The number of nitrogens with zero attached hydrogens (tertiary/aromatic N) is 1. The molecular weight excluding hydrogens is 326 g/mol. The molecule has 0 spiro atoms. The third kappa shape index (κ3) is 7.16. The van der Waals surface area contributed by atoms with E-state index >= 15 is 0 Å². The van der Waals surface area contributed by atoms with Crippen molar-refractivity contribution in [2.45, 2.75) is 18.9 Å². The lowest BCUT2D eigenvalue weighted by molar-refractivity contribution is -0.870. The van der Waals surface area contributed by atoms with E-state index in [1.165, 1.54) is 0 Å². The summed E-state index contributed by atoms with van der Waals surface area (Å²) in [6, 6.07) is 18.5. The molecular formula is C22H32NO3+. The number of ether oxygens (including phenoxy) is 2. The van der Waals surface area contributed by atoms with Gasteiger partial charge in [-0.2, -0.15) is 0 Å². The molecule has 0 bridgehead atoms. The highest BCUT2D eigenvalue weighted by Gasteiger charge is 2.16. The molecule has 26 heavy (non-hydrogen) atoms. The molecule has 0 fully saturated rings. The summed E-state index contributed by atoms with van der Waals surface area (Å²) in [5, 5.41) is 8.82. The molecule has 142 valence electrons. The Labute approximate surface area is 157 Å². The number of benzene rings is 2. The normalized spacial score (nSPS) is 12.8. The minimum Gasteiger partial charge on any atom is -0.494 e. The lowest BCUT2D eigenvalue weighted by atomic mass is 10.0. The van der Waals surface area contributed by atoms with Crippen molar-refractivity contribution in [2.24, 2.45) is 0 Å². The molecule has 0 heterocycles. The van der Waals surface area contributed by atoms with Crippen molar-refractivity contribution in [1.82, 2.24) is 0 Å². The van der Waals surface area contributed by atoms with Crippen LogP contribution in [0.3, 0.4) is 0 Å². The molecule has 1 N–H and O–H groups in total. The highest BCUT2D eigenvalue weighted by molar-refractivity contribution is 5.34. The molecule has 0 saturated heterocycles. The summed E-state index contributed by atoms with van der Waals surface area (Å²) in [6.07, 6.45) is 1.55. The Morgan fingerprint density at radius 3 is 2.12 bits per heavy atom. The Balaban J connectivity index is 2.04. The molecule has 0 aliphatic rings. The largest absolute Gasteiger partial charge is 0.494 e. The van der Waals surface area contributed by atoms with Gasteiger partial charge in [0.15, 0.2) is 0 Å². The van der Waals surface area contributed by atoms with Gasteiger partial charge in [-0.05, 0) is 36.1 Å². The van der Waals surface area contributed by atoms with Gasteiger partial charge in [0.1, 0.15) is 18.4 Å². The van der Waals surface area contributed by atoms with Gasteiger partial charge in [-0.1, -0.05) is 42.5 Å².